The minimum atomic E-state index is -0.389. The van der Waals surface area contributed by atoms with Crippen molar-refractivity contribution in [3.63, 3.8) is 0 Å². The lowest BCUT2D eigenvalue weighted by molar-refractivity contribution is 0.0598. The van der Waals surface area contributed by atoms with Crippen LogP contribution >= 0.6 is 11.8 Å². The zero-order valence-corrected chi connectivity index (χ0v) is 14.4. The Balaban J connectivity index is 1.68. The number of hydrogen-bond acceptors (Lipinski definition) is 5. The molecular formula is C18H18N2O3S. The topological polar surface area (TPSA) is 68.1 Å². The predicted molar refractivity (Wildman–Crippen MR) is 92.2 cm³/mol. The van der Waals surface area contributed by atoms with Crippen molar-refractivity contribution in [3.8, 4) is 0 Å². The lowest BCUT2D eigenvalue weighted by Crippen LogP contribution is -2.02. The van der Waals surface area contributed by atoms with Crippen molar-refractivity contribution in [3.05, 3.63) is 70.9 Å². The first kappa shape index (κ1) is 16.4. The number of benzene rings is 1. The Bertz CT molecular complexity index is 824. The number of imidazole rings is 1. The number of hydrogen-bond donors (Lipinski definition) is 1. The molecule has 0 aliphatic heterocycles. The number of aryl methyl sites for hydroxylation is 1. The molecule has 0 saturated heterocycles. The van der Waals surface area contributed by atoms with Gasteiger partial charge in [-0.1, -0.05) is 42.1 Å². The van der Waals surface area contributed by atoms with E-state index in [1.165, 1.54) is 30.7 Å². The molecule has 0 bridgehead atoms. The van der Waals surface area contributed by atoms with Crippen molar-refractivity contribution < 1.29 is 13.9 Å². The quantitative estimate of drug-likeness (QED) is 0.542. The van der Waals surface area contributed by atoms with Crippen LogP contribution in [-0.4, -0.2) is 23.0 Å². The van der Waals surface area contributed by atoms with E-state index < -0.39 is 0 Å². The summed E-state index contributed by atoms with van der Waals surface area (Å²) in [7, 11) is 1.36. The SMILES string of the molecule is COC(=O)c1ccoc1CSc1nc(Cc2ccccc2)c(C)[nH]1. The summed E-state index contributed by atoms with van der Waals surface area (Å²) in [5.41, 5.74) is 3.76. The number of carbonyl (C=O) groups is 1. The summed E-state index contributed by atoms with van der Waals surface area (Å²) in [5.74, 6) is 0.708. The molecule has 1 N–H and O–H groups in total. The second-order valence-electron chi connectivity index (χ2n) is 5.31. The highest BCUT2D eigenvalue weighted by atomic mass is 32.2. The molecule has 124 valence electrons. The number of aromatic nitrogens is 2. The molecule has 0 saturated carbocycles. The van der Waals surface area contributed by atoms with Gasteiger partial charge in [0.1, 0.15) is 11.3 Å². The molecule has 0 radical (unpaired) electrons. The van der Waals surface area contributed by atoms with E-state index in [1.54, 1.807) is 6.07 Å². The molecule has 0 atom stereocenters. The molecule has 3 rings (SSSR count). The standard InChI is InChI=1S/C18H18N2O3S/c1-12-15(10-13-6-4-3-5-7-13)20-18(19-12)24-11-16-14(8-9-23-16)17(21)22-2/h3-9H,10-11H2,1-2H3,(H,19,20). The average molecular weight is 342 g/mol. The van der Waals surface area contributed by atoms with Crippen LogP contribution in [0.15, 0.2) is 52.2 Å². The van der Waals surface area contributed by atoms with Gasteiger partial charge in [0, 0.05) is 12.1 Å². The summed E-state index contributed by atoms with van der Waals surface area (Å²) in [6, 6.07) is 11.9. The maximum absolute atomic E-state index is 11.7. The number of nitrogens with zero attached hydrogens (tertiary/aromatic N) is 1. The van der Waals surface area contributed by atoms with Gasteiger partial charge >= 0.3 is 5.97 Å². The minimum absolute atomic E-state index is 0.389. The van der Waals surface area contributed by atoms with Crippen LogP contribution < -0.4 is 0 Å². The average Bonchev–Trinajstić information content (AvgIpc) is 3.20. The summed E-state index contributed by atoms with van der Waals surface area (Å²) in [5, 5.41) is 0.811. The molecule has 0 amide bonds. The Kier molecular flexibility index (Phi) is 5.05. The zero-order valence-electron chi connectivity index (χ0n) is 13.5. The van der Waals surface area contributed by atoms with Crippen LogP contribution in [0.4, 0.5) is 0 Å². The zero-order chi connectivity index (χ0) is 16.9. The Morgan fingerprint density at radius 2 is 2.08 bits per heavy atom. The van der Waals surface area contributed by atoms with Crippen LogP contribution in [0, 0.1) is 6.92 Å². The van der Waals surface area contributed by atoms with Crippen molar-refractivity contribution >= 4 is 17.7 Å². The molecule has 2 aromatic heterocycles. The Hall–Kier alpha value is -2.47. The van der Waals surface area contributed by atoms with Gasteiger partial charge in [-0.2, -0.15) is 0 Å². The Morgan fingerprint density at radius 1 is 1.29 bits per heavy atom. The Labute approximate surface area is 144 Å². The molecular weight excluding hydrogens is 324 g/mol. The second-order valence-corrected chi connectivity index (χ2v) is 6.28. The monoisotopic (exact) mass is 342 g/mol. The maximum Gasteiger partial charge on any atom is 0.341 e. The molecule has 0 fully saturated rings. The molecule has 0 aliphatic rings. The predicted octanol–water partition coefficient (Wildman–Crippen LogP) is 3.98. The third kappa shape index (κ3) is 3.71. The second kappa shape index (κ2) is 7.40. The number of esters is 1. The highest BCUT2D eigenvalue weighted by Crippen LogP contribution is 2.25. The fourth-order valence-corrected chi connectivity index (χ4v) is 3.27. The summed E-state index contributed by atoms with van der Waals surface area (Å²) in [4.78, 5) is 19.6. The largest absolute Gasteiger partial charge is 0.468 e. The molecule has 0 spiro atoms. The van der Waals surface area contributed by atoms with Gasteiger partial charge in [0.2, 0.25) is 0 Å². The summed E-state index contributed by atoms with van der Waals surface area (Å²) in [6.45, 7) is 2.02. The molecule has 6 heteroatoms. The molecule has 24 heavy (non-hydrogen) atoms. The maximum atomic E-state index is 11.7. The van der Waals surface area contributed by atoms with Crippen LogP contribution in [0.5, 0.6) is 0 Å². The summed E-state index contributed by atoms with van der Waals surface area (Å²) >= 11 is 1.50. The van der Waals surface area contributed by atoms with Gasteiger partial charge in [0.05, 0.1) is 24.8 Å². The van der Waals surface area contributed by atoms with Gasteiger partial charge < -0.3 is 14.1 Å². The van der Waals surface area contributed by atoms with Crippen LogP contribution in [-0.2, 0) is 16.9 Å². The third-order valence-corrected chi connectivity index (χ3v) is 4.54. The van der Waals surface area contributed by atoms with Crippen LogP contribution in [0.25, 0.3) is 0 Å². The van der Waals surface area contributed by atoms with E-state index in [0.717, 1.165) is 23.0 Å². The van der Waals surface area contributed by atoms with Crippen molar-refractivity contribution in [2.45, 2.75) is 24.3 Å². The van der Waals surface area contributed by atoms with Crippen LogP contribution in [0.2, 0.25) is 0 Å². The van der Waals surface area contributed by atoms with Crippen molar-refractivity contribution in [2.24, 2.45) is 0 Å². The lowest BCUT2D eigenvalue weighted by atomic mass is 10.1. The first-order valence-corrected chi connectivity index (χ1v) is 8.53. The van der Waals surface area contributed by atoms with Gasteiger partial charge in [-0.25, -0.2) is 9.78 Å². The van der Waals surface area contributed by atoms with Gasteiger partial charge in [-0.3, -0.25) is 0 Å². The highest BCUT2D eigenvalue weighted by Gasteiger charge is 2.16. The van der Waals surface area contributed by atoms with Crippen molar-refractivity contribution in [1.29, 1.82) is 0 Å². The van der Waals surface area contributed by atoms with Gasteiger partial charge in [-0.05, 0) is 18.6 Å². The van der Waals surface area contributed by atoms with Crippen molar-refractivity contribution in [1.82, 2.24) is 9.97 Å². The molecule has 1 aromatic carbocycles. The summed E-state index contributed by atoms with van der Waals surface area (Å²) < 4.78 is 10.1. The number of rotatable bonds is 6. The smallest absolute Gasteiger partial charge is 0.341 e. The van der Waals surface area contributed by atoms with E-state index in [1.807, 2.05) is 25.1 Å². The number of H-pyrrole nitrogens is 1. The minimum Gasteiger partial charge on any atom is -0.468 e. The molecule has 3 aromatic rings. The van der Waals surface area contributed by atoms with Gasteiger partial charge in [-0.15, -0.1) is 0 Å². The number of thioether (sulfide) groups is 1. The van der Waals surface area contributed by atoms with E-state index >= 15 is 0 Å². The van der Waals surface area contributed by atoms with E-state index in [0.29, 0.717) is 17.1 Å². The fourth-order valence-electron chi connectivity index (χ4n) is 2.37. The normalized spacial score (nSPS) is 10.8. The van der Waals surface area contributed by atoms with Crippen molar-refractivity contribution in [2.75, 3.05) is 7.11 Å². The summed E-state index contributed by atoms with van der Waals surface area (Å²) in [6.07, 6.45) is 2.29. The first-order chi connectivity index (χ1) is 11.7. The van der Waals surface area contributed by atoms with E-state index in [2.05, 4.69) is 22.1 Å². The molecule has 2 heterocycles. The number of ether oxygens (including phenoxy) is 1. The van der Waals surface area contributed by atoms with Gasteiger partial charge in [0.15, 0.2) is 5.16 Å². The number of aromatic amines is 1. The Morgan fingerprint density at radius 3 is 2.83 bits per heavy atom. The van der Waals surface area contributed by atoms with Crippen LogP contribution in [0.3, 0.4) is 0 Å². The van der Waals surface area contributed by atoms with Crippen LogP contribution in [0.1, 0.15) is 33.1 Å². The molecule has 0 unspecified atom stereocenters. The number of carbonyl (C=O) groups excluding carboxylic acids is 1. The molecule has 5 nitrogen and oxygen atoms in total. The van der Waals surface area contributed by atoms with Gasteiger partial charge in [0.25, 0.3) is 0 Å². The molecule has 0 aliphatic carbocycles. The van der Waals surface area contributed by atoms with E-state index in [9.17, 15) is 4.79 Å². The number of nitrogens with one attached hydrogen (secondary N) is 1. The first-order valence-electron chi connectivity index (χ1n) is 7.54. The lowest BCUT2D eigenvalue weighted by Gasteiger charge is -2.00. The third-order valence-electron chi connectivity index (χ3n) is 3.67. The number of furan rings is 1. The number of methoxy groups -OCH3 is 1. The highest BCUT2D eigenvalue weighted by molar-refractivity contribution is 7.98. The van der Waals surface area contributed by atoms with E-state index in [-0.39, 0.29) is 5.97 Å². The van der Waals surface area contributed by atoms with E-state index in [4.69, 9.17) is 9.15 Å². The fraction of sp³-hybridized carbons (Fsp3) is 0.222.